The van der Waals surface area contributed by atoms with Crippen LogP contribution in [0.25, 0.3) is 22.4 Å². The van der Waals surface area contributed by atoms with Gasteiger partial charge in [-0.1, -0.05) is 23.2 Å². The van der Waals surface area contributed by atoms with Gasteiger partial charge in [-0.3, -0.25) is 0 Å². The molecule has 0 fully saturated rings. The SMILES string of the molecule is OCc1ccc(-c2c(Cl)cc(Cl)c3nsnc23)o1. The summed E-state index contributed by atoms with van der Waals surface area (Å²) in [4.78, 5) is 0. The maximum absolute atomic E-state index is 9.01. The topological polar surface area (TPSA) is 59.2 Å². The van der Waals surface area contributed by atoms with Crippen LogP contribution in [0.2, 0.25) is 10.0 Å². The second kappa shape index (κ2) is 4.51. The van der Waals surface area contributed by atoms with Crippen molar-refractivity contribution in [1.29, 1.82) is 0 Å². The quantitative estimate of drug-likeness (QED) is 0.783. The molecule has 0 saturated carbocycles. The van der Waals surface area contributed by atoms with E-state index in [9.17, 15) is 0 Å². The lowest BCUT2D eigenvalue weighted by molar-refractivity contribution is 0.248. The fourth-order valence-corrected chi connectivity index (χ4v) is 2.91. The molecule has 0 spiro atoms. The van der Waals surface area contributed by atoms with Gasteiger partial charge in [-0.05, 0) is 18.2 Å². The van der Waals surface area contributed by atoms with Gasteiger partial charge in [0.15, 0.2) is 0 Å². The molecule has 7 heteroatoms. The van der Waals surface area contributed by atoms with Crippen LogP contribution in [-0.2, 0) is 6.61 Å². The number of aliphatic hydroxyl groups excluding tert-OH is 1. The highest BCUT2D eigenvalue weighted by molar-refractivity contribution is 7.00. The summed E-state index contributed by atoms with van der Waals surface area (Å²) in [7, 11) is 0. The molecule has 18 heavy (non-hydrogen) atoms. The number of rotatable bonds is 2. The predicted octanol–water partition coefficient (Wildman–Crippen LogP) is 3.75. The van der Waals surface area contributed by atoms with Crippen molar-refractivity contribution in [2.75, 3.05) is 0 Å². The summed E-state index contributed by atoms with van der Waals surface area (Å²) in [6, 6.07) is 5.04. The van der Waals surface area contributed by atoms with Gasteiger partial charge in [-0.15, -0.1) is 0 Å². The molecule has 0 aliphatic rings. The van der Waals surface area contributed by atoms with Crippen molar-refractivity contribution < 1.29 is 9.52 Å². The van der Waals surface area contributed by atoms with Crippen LogP contribution in [0.3, 0.4) is 0 Å². The first-order valence-corrected chi connectivity index (χ1v) is 6.49. The summed E-state index contributed by atoms with van der Waals surface area (Å²) < 4.78 is 13.8. The highest BCUT2D eigenvalue weighted by atomic mass is 35.5. The Morgan fingerprint density at radius 3 is 2.67 bits per heavy atom. The number of aromatic nitrogens is 2. The van der Waals surface area contributed by atoms with Crippen LogP contribution in [-0.4, -0.2) is 13.9 Å². The summed E-state index contributed by atoms with van der Waals surface area (Å²) in [6.45, 7) is -0.163. The van der Waals surface area contributed by atoms with Crippen LogP contribution in [0.5, 0.6) is 0 Å². The lowest BCUT2D eigenvalue weighted by Crippen LogP contribution is -1.82. The Labute approximate surface area is 116 Å². The molecule has 3 aromatic rings. The molecule has 0 aliphatic heterocycles. The summed E-state index contributed by atoms with van der Waals surface area (Å²) in [5.41, 5.74) is 1.85. The van der Waals surface area contributed by atoms with E-state index in [0.29, 0.717) is 38.2 Å². The highest BCUT2D eigenvalue weighted by Gasteiger charge is 2.18. The van der Waals surface area contributed by atoms with Crippen LogP contribution in [0, 0.1) is 0 Å². The van der Waals surface area contributed by atoms with E-state index in [0.717, 1.165) is 11.7 Å². The van der Waals surface area contributed by atoms with Gasteiger partial charge in [0.2, 0.25) is 0 Å². The molecule has 0 bridgehead atoms. The molecule has 2 aromatic heterocycles. The standard InChI is InChI=1S/C11H6Cl2N2O2S/c12-6-3-7(13)10-11(15-18-14-10)9(6)8-2-1-5(4-16)17-8/h1-3,16H,4H2. The molecule has 0 amide bonds. The molecule has 0 atom stereocenters. The fourth-order valence-electron chi connectivity index (χ4n) is 1.71. The first kappa shape index (κ1) is 11.9. The van der Waals surface area contributed by atoms with Crippen molar-refractivity contribution in [3.05, 3.63) is 34.0 Å². The number of hydrogen-bond acceptors (Lipinski definition) is 5. The Balaban J connectivity index is 2.30. The molecular formula is C11H6Cl2N2O2S. The molecule has 2 heterocycles. The van der Waals surface area contributed by atoms with Gasteiger partial charge in [-0.2, -0.15) is 8.75 Å². The Kier molecular flexibility index (Phi) is 2.99. The highest BCUT2D eigenvalue weighted by Crippen LogP contribution is 2.38. The van der Waals surface area contributed by atoms with E-state index in [-0.39, 0.29) is 6.61 Å². The minimum Gasteiger partial charge on any atom is -0.459 e. The number of halogens is 2. The average Bonchev–Trinajstić information content (AvgIpc) is 2.97. The zero-order valence-electron chi connectivity index (χ0n) is 8.85. The van der Waals surface area contributed by atoms with E-state index in [4.69, 9.17) is 32.7 Å². The van der Waals surface area contributed by atoms with E-state index in [1.807, 2.05) is 0 Å². The summed E-state index contributed by atoms with van der Waals surface area (Å²) in [6.07, 6.45) is 0. The molecule has 4 nitrogen and oxygen atoms in total. The number of aliphatic hydroxyl groups is 1. The minimum atomic E-state index is -0.163. The lowest BCUT2D eigenvalue weighted by Gasteiger charge is -2.03. The predicted molar refractivity (Wildman–Crippen MR) is 71.1 cm³/mol. The average molecular weight is 301 g/mol. The summed E-state index contributed by atoms with van der Waals surface area (Å²) >= 11 is 13.3. The van der Waals surface area contributed by atoms with Crippen molar-refractivity contribution >= 4 is 46.0 Å². The third kappa shape index (κ3) is 1.80. The third-order valence-corrected chi connectivity index (χ3v) is 3.62. The Morgan fingerprint density at radius 1 is 1.17 bits per heavy atom. The Morgan fingerprint density at radius 2 is 1.94 bits per heavy atom. The number of benzene rings is 1. The molecule has 0 radical (unpaired) electrons. The summed E-state index contributed by atoms with van der Waals surface area (Å²) in [5.74, 6) is 1.01. The van der Waals surface area contributed by atoms with E-state index in [2.05, 4.69) is 8.75 Å². The smallest absolute Gasteiger partial charge is 0.138 e. The first-order chi connectivity index (χ1) is 8.70. The van der Waals surface area contributed by atoms with E-state index in [1.165, 1.54) is 0 Å². The van der Waals surface area contributed by atoms with Crippen molar-refractivity contribution in [2.24, 2.45) is 0 Å². The lowest BCUT2D eigenvalue weighted by atomic mass is 10.1. The molecule has 0 unspecified atom stereocenters. The number of furan rings is 1. The first-order valence-electron chi connectivity index (χ1n) is 5.01. The zero-order chi connectivity index (χ0) is 12.7. The van der Waals surface area contributed by atoms with E-state index >= 15 is 0 Å². The number of hydrogen-bond donors (Lipinski definition) is 1. The normalized spacial score (nSPS) is 11.3. The number of nitrogens with zero attached hydrogens (tertiary/aromatic N) is 2. The van der Waals surface area contributed by atoms with Crippen molar-refractivity contribution in [3.8, 4) is 11.3 Å². The third-order valence-electron chi connectivity index (χ3n) is 2.51. The Hall–Kier alpha value is -1.14. The van der Waals surface area contributed by atoms with Crippen LogP contribution in [0.15, 0.2) is 22.6 Å². The summed E-state index contributed by atoms with van der Waals surface area (Å²) in [5, 5.41) is 9.91. The van der Waals surface area contributed by atoms with Gasteiger partial charge in [0, 0.05) is 0 Å². The number of fused-ring (bicyclic) bond motifs is 1. The second-order valence-electron chi connectivity index (χ2n) is 3.60. The van der Waals surface area contributed by atoms with Gasteiger partial charge in [0.1, 0.15) is 29.2 Å². The molecular weight excluding hydrogens is 295 g/mol. The van der Waals surface area contributed by atoms with Crippen LogP contribution < -0.4 is 0 Å². The van der Waals surface area contributed by atoms with Crippen molar-refractivity contribution in [3.63, 3.8) is 0 Å². The van der Waals surface area contributed by atoms with Gasteiger partial charge in [0.05, 0.1) is 27.3 Å². The van der Waals surface area contributed by atoms with E-state index in [1.54, 1.807) is 18.2 Å². The molecule has 3 rings (SSSR count). The second-order valence-corrected chi connectivity index (χ2v) is 4.94. The van der Waals surface area contributed by atoms with Crippen molar-refractivity contribution in [1.82, 2.24) is 8.75 Å². The maximum Gasteiger partial charge on any atom is 0.138 e. The van der Waals surface area contributed by atoms with E-state index < -0.39 is 0 Å². The molecule has 92 valence electrons. The Bertz CT molecular complexity index is 723. The molecule has 1 aromatic carbocycles. The molecule has 0 aliphatic carbocycles. The van der Waals surface area contributed by atoms with Gasteiger partial charge in [0.25, 0.3) is 0 Å². The van der Waals surface area contributed by atoms with Gasteiger partial charge >= 0.3 is 0 Å². The van der Waals surface area contributed by atoms with Crippen LogP contribution in [0.1, 0.15) is 5.76 Å². The zero-order valence-corrected chi connectivity index (χ0v) is 11.2. The largest absolute Gasteiger partial charge is 0.459 e. The van der Waals surface area contributed by atoms with Crippen LogP contribution >= 0.6 is 34.9 Å². The van der Waals surface area contributed by atoms with Crippen molar-refractivity contribution in [2.45, 2.75) is 6.61 Å². The van der Waals surface area contributed by atoms with Crippen LogP contribution in [0.4, 0.5) is 0 Å². The van der Waals surface area contributed by atoms with Gasteiger partial charge in [-0.25, -0.2) is 0 Å². The minimum absolute atomic E-state index is 0.163. The molecule has 0 saturated heterocycles. The molecule has 1 N–H and O–H groups in total. The van der Waals surface area contributed by atoms with Gasteiger partial charge < -0.3 is 9.52 Å². The fraction of sp³-hybridized carbons (Fsp3) is 0.0909. The monoisotopic (exact) mass is 300 g/mol. The maximum atomic E-state index is 9.01.